The number of halogens is 1. The number of methoxy groups -OCH3 is 1. The zero-order chi connectivity index (χ0) is 27.1. The summed E-state index contributed by atoms with van der Waals surface area (Å²) in [6.45, 7) is 5.19. The van der Waals surface area contributed by atoms with Gasteiger partial charge >= 0.3 is 0 Å². The van der Waals surface area contributed by atoms with Gasteiger partial charge in [0, 0.05) is 16.6 Å². The number of piperidine rings is 1. The highest BCUT2D eigenvalue weighted by molar-refractivity contribution is 9.10. The minimum absolute atomic E-state index is 0.252. The molecule has 3 aliphatic rings. The molecule has 0 N–H and O–H groups in total. The Balaban J connectivity index is 1.38. The Labute approximate surface area is 237 Å². The Kier molecular flexibility index (Phi) is 7.18. The lowest BCUT2D eigenvalue weighted by Crippen LogP contribution is -2.37. The van der Waals surface area contributed by atoms with Gasteiger partial charge in [-0.15, -0.1) is 0 Å². The smallest absolute Gasteiger partial charge is 0.266 e. The third-order valence-electron chi connectivity index (χ3n) is 8.13. The molecule has 3 heterocycles. The summed E-state index contributed by atoms with van der Waals surface area (Å²) in [6, 6.07) is 22.5. The second-order valence-corrected chi connectivity index (χ2v) is 11.6. The molecular weight excluding hydrogens is 558 g/mol. The third kappa shape index (κ3) is 4.86. The monoisotopic (exact) mass is 589 g/mol. The summed E-state index contributed by atoms with van der Waals surface area (Å²) >= 11 is 3.43. The molecule has 0 bridgehead atoms. The van der Waals surface area contributed by atoms with Crippen LogP contribution in [0.15, 0.2) is 77.3 Å². The van der Waals surface area contributed by atoms with Gasteiger partial charge in [-0.2, -0.15) is 0 Å². The van der Waals surface area contributed by atoms with Crippen molar-refractivity contribution in [3.05, 3.63) is 88.4 Å². The van der Waals surface area contributed by atoms with E-state index in [4.69, 9.17) is 9.57 Å². The largest absolute Gasteiger partial charge is 0.496 e. The Hall–Kier alpha value is -3.20. The first kappa shape index (κ1) is 26.0. The highest BCUT2D eigenvalue weighted by atomic mass is 79.9. The molecule has 7 nitrogen and oxygen atoms in total. The maximum atomic E-state index is 14.0. The fourth-order valence-electron chi connectivity index (χ4n) is 5.96. The molecule has 3 atom stereocenters. The van der Waals surface area contributed by atoms with Crippen LogP contribution in [0.5, 0.6) is 5.75 Å². The third-order valence-corrected chi connectivity index (χ3v) is 8.66. The molecule has 8 heteroatoms. The number of hydrogen-bond acceptors (Lipinski definition) is 6. The van der Waals surface area contributed by atoms with Crippen LogP contribution in [-0.4, -0.2) is 43.0 Å². The first-order valence-corrected chi connectivity index (χ1v) is 14.3. The topological polar surface area (TPSA) is 62.3 Å². The SMILES string of the molecule is COc1ccc([C@@H]2[C@@H]3C(=O)N(c4ccc(Br)cc4)C(=O)[C@H]3ON2c2ccccc2)cc1CN1CCC(C)CC1. The molecule has 3 fully saturated rings. The van der Waals surface area contributed by atoms with Crippen LogP contribution in [0, 0.1) is 11.8 Å². The van der Waals surface area contributed by atoms with E-state index in [1.165, 1.54) is 17.7 Å². The number of anilines is 2. The van der Waals surface area contributed by atoms with Crippen LogP contribution >= 0.6 is 15.9 Å². The van der Waals surface area contributed by atoms with E-state index in [2.05, 4.69) is 33.8 Å². The van der Waals surface area contributed by atoms with E-state index in [1.54, 1.807) is 24.3 Å². The number of ether oxygens (including phenoxy) is 1. The minimum Gasteiger partial charge on any atom is -0.496 e. The van der Waals surface area contributed by atoms with Gasteiger partial charge in [0.15, 0.2) is 6.10 Å². The Morgan fingerprint density at radius 1 is 0.923 bits per heavy atom. The van der Waals surface area contributed by atoms with E-state index >= 15 is 0 Å². The van der Waals surface area contributed by atoms with Crippen molar-refractivity contribution in [3.8, 4) is 5.75 Å². The van der Waals surface area contributed by atoms with Gasteiger partial charge < -0.3 is 4.74 Å². The lowest BCUT2D eigenvalue weighted by Gasteiger charge is -2.31. The summed E-state index contributed by atoms with van der Waals surface area (Å²) in [5, 5.41) is 1.75. The van der Waals surface area contributed by atoms with Crippen molar-refractivity contribution in [1.82, 2.24) is 4.90 Å². The summed E-state index contributed by atoms with van der Waals surface area (Å²) < 4.78 is 6.62. The maximum Gasteiger partial charge on any atom is 0.266 e. The van der Waals surface area contributed by atoms with Crippen LogP contribution in [0.25, 0.3) is 0 Å². The number of para-hydroxylation sites is 1. The van der Waals surface area contributed by atoms with Crippen LogP contribution < -0.4 is 14.7 Å². The van der Waals surface area contributed by atoms with E-state index in [-0.39, 0.29) is 11.8 Å². The molecule has 6 rings (SSSR count). The number of hydrogen-bond donors (Lipinski definition) is 0. The van der Waals surface area contributed by atoms with Crippen molar-refractivity contribution < 1.29 is 19.2 Å². The summed E-state index contributed by atoms with van der Waals surface area (Å²) in [4.78, 5) is 37.6. The van der Waals surface area contributed by atoms with Crippen molar-refractivity contribution in [1.29, 1.82) is 0 Å². The highest BCUT2D eigenvalue weighted by Gasteiger charge is 2.60. The first-order chi connectivity index (χ1) is 18.9. The lowest BCUT2D eigenvalue weighted by atomic mass is 9.89. The number of carbonyl (C=O) groups is 2. The van der Waals surface area contributed by atoms with Crippen LogP contribution in [0.2, 0.25) is 0 Å². The molecule has 0 unspecified atom stereocenters. The number of nitrogens with zero attached hydrogens (tertiary/aromatic N) is 3. The fourth-order valence-corrected chi connectivity index (χ4v) is 6.23. The van der Waals surface area contributed by atoms with Crippen LogP contribution in [-0.2, 0) is 21.0 Å². The average molecular weight is 591 g/mol. The van der Waals surface area contributed by atoms with Gasteiger partial charge in [-0.3, -0.25) is 19.3 Å². The quantitative estimate of drug-likeness (QED) is 0.342. The van der Waals surface area contributed by atoms with E-state index in [0.29, 0.717) is 5.69 Å². The molecule has 0 spiro atoms. The van der Waals surface area contributed by atoms with E-state index in [1.807, 2.05) is 54.6 Å². The highest BCUT2D eigenvalue weighted by Crippen LogP contribution is 2.48. The number of fused-ring (bicyclic) bond motifs is 1. The minimum atomic E-state index is -0.902. The summed E-state index contributed by atoms with van der Waals surface area (Å²) in [7, 11) is 1.69. The molecule has 0 saturated carbocycles. The van der Waals surface area contributed by atoms with Gasteiger partial charge in [-0.05, 0) is 85.9 Å². The molecule has 3 aromatic rings. The Morgan fingerprint density at radius 3 is 2.33 bits per heavy atom. The molecule has 3 aromatic carbocycles. The van der Waals surface area contributed by atoms with Gasteiger partial charge in [-0.1, -0.05) is 47.1 Å². The number of benzene rings is 3. The number of amides is 2. The molecule has 2 amide bonds. The van der Waals surface area contributed by atoms with Gasteiger partial charge in [0.2, 0.25) is 5.91 Å². The van der Waals surface area contributed by atoms with Crippen molar-refractivity contribution in [2.24, 2.45) is 11.8 Å². The second-order valence-electron chi connectivity index (χ2n) is 10.7. The van der Waals surface area contributed by atoms with Gasteiger partial charge in [0.05, 0.1) is 24.5 Å². The first-order valence-electron chi connectivity index (χ1n) is 13.5. The van der Waals surface area contributed by atoms with Crippen molar-refractivity contribution in [2.45, 2.75) is 38.5 Å². The summed E-state index contributed by atoms with van der Waals surface area (Å²) in [6.07, 6.45) is 1.47. The Bertz CT molecular complexity index is 1360. The van der Waals surface area contributed by atoms with Crippen molar-refractivity contribution in [3.63, 3.8) is 0 Å². The average Bonchev–Trinajstić information content (AvgIpc) is 3.46. The Morgan fingerprint density at radius 2 is 1.64 bits per heavy atom. The van der Waals surface area contributed by atoms with Crippen molar-refractivity contribution >= 4 is 39.1 Å². The standard InChI is InChI=1S/C31H32BrN3O4/c1-20-14-16-33(17-15-20)19-22-18-21(8-13-26(22)38-2)28-27-29(39-35(28)25-6-4-3-5-7-25)31(37)34(30(27)36)24-11-9-23(32)10-12-24/h3-13,18,20,27-29H,14-17,19H2,1-2H3/t27-,28+,29-/m0/s1. The van der Waals surface area contributed by atoms with Crippen LogP contribution in [0.4, 0.5) is 11.4 Å². The maximum absolute atomic E-state index is 14.0. The zero-order valence-corrected chi connectivity index (χ0v) is 23.7. The predicted molar refractivity (Wildman–Crippen MR) is 153 cm³/mol. The van der Waals surface area contributed by atoms with E-state index in [0.717, 1.165) is 52.6 Å². The molecular formula is C31H32BrN3O4. The van der Waals surface area contributed by atoms with Crippen LogP contribution in [0.1, 0.15) is 36.9 Å². The van der Waals surface area contributed by atoms with E-state index < -0.39 is 18.1 Å². The van der Waals surface area contributed by atoms with E-state index in [9.17, 15) is 9.59 Å². The number of rotatable bonds is 6. The van der Waals surface area contributed by atoms with Crippen LogP contribution in [0.3, 0.4) is 0 Å². The summed E-state index contributed by atoms with van der Waals surface area (Å²) in [5.74, 6) is 0.300. The fraction of sp³-hybridized carbons (Fsp3) is 0.355. The number of hydroxylamine groups is 1. The molecule has 0 aliphatic carbocycles. The molecule has 0 aromatic heterocycles. The summed E-state index contributed by atoms with van der Waals surface area (Å²) in [5.41, 5.74) is 3.34. The zero-order valence-electron chi connectivity index (χ0n) is 22.1. The lowest BCUT2D eigenvalue weighted by molar-refractivity contribution is -0.126. The van der Waals surface area contributed by atoms with Gasteiger partial charge in [0.1, 0.15) is 11.7 Å². The predicted octanol–water partition coefficient (Wildman–Crippen LogP) is 5.74. The molecule has 3 aliphatic heterocycles. The molecule has 202 valence electrons. The van der Waals surface area contributed by atoms with Gasteiger partial charge in [0.25, 0.3) is 5.91 Å². The van der Waals surface area contributed by atoms with Crippen molar-refractivity contribution in [2.75, 3.05) is 30.2 Å². The number of likely N-dealkylation sites (tertiary alicyclic amines) is 1. The van der Waals surface area contributed by atoms with Gasteiger partial charge in [-0.25, -0.2) is 9.96 Å². The molecule has 0 radical (unpaired) electrons. The number of carbonyl (C=O) groups excluding carboxylic acids is 2. The second kappa shape index (κ2) is 10.8. The number of imide groups is 1. The molecule has 39 heavy (non-hydrogen) atoms. The molecule has 3 saturated heterocycles. The normalized spacial score (nSPS) is 23.9.